The number of quaternary nitrogens is 1. The van der Waals surface area contributed by atoms with Crippen molar-refractivity contribution in [3.05, 3.63) is 35.6 Å². The van der Waals surface area contributed by atoms with Crippen molar-refractivity contribution in [1.82, 2.24) is 0 Å². The molecule has 1 aromatic carbocycles. The smallest absolute Gasteiger partial charge is 0.163 e. The van der Waals surface area contributed by atoms with Crippen LogP contribution in [0, 0.1) is 5.82 Å². The summed E-state index contributed by atoms with van der Waals surface area (Å²) >= 11 is 0. The van der Waals surface area contributed by atoms with Gasteiger partial charge < -0.3 is 4.90 Å². The van der Waals surface area contributed by atoms with Crippen molar-refractivity contribution in [2.45, 2.75) is 32.1 Å². The van der Waals surface area contributed by atoms with Gasteiger partial charge in [0.2, 0.25) is 0 Å². The predicted octanol–water partition coefficient (Wildman–Crippen LogP) is 1.86. The van der Waals surface area contributed by atoms with Gasteiger partial charge in [0.05, 0.1) is 19.6 Å². The normalized spacial score (nSPS) is 16.7. The maximum Gasteiger partial charge on any atom is 0.163 e. The molecule has 18 heavy (non-hydrogen) atoms. The van der Waals surface area contributed by atoms with E-state index >= 15 is 0 Å². The Hall–Kier alpha value is -1.22. The minimum Gasteiger partial charge on any atom is -0.335 e. The molecule has 98 valence electrons. The number of likely N-dealkylation sites (tertiary alicyclic amines) is 1. The van der Waals surface area contributed by atoms with E-state index in [1.807, 2.05) is 0 Å². The molecule has 0 bridgehead atoms. The fraction of sp³-hybridized carbons (Fsp3) is 0.533. The average Bonchev–Trinajstić information content (AvgIpc) is 2.40. The number of hydrogen-bond acceptors (Lipinski definition) is 1. The van der Waals surface area contributed by atoms with Crippen molar-refractivity contribution in [1.29, 1.82) is 0 Å². The van der Waals surface area contributed by atoms with Crippen molar-refractivity contribution < 1.29 is 14.1 Å². The van der Waals surface area contributed by atoms with Crippen molar-refractivity contribution in [2.75, 3.05) is 19.6 Å². The van der Waals surface area contributed by atoms with Gasteiger partial charge in [0.15, 0.2) is 5.78 Å². The van der Waals surface area contributed by atoms with E-state index in [9.17, 15) is 9.18 Å². The summed E-state index contributed by atoms with van der Waals surface area (Å²) in [6.07, 6.45) is 5.52. The second kappa shape index (κ2) is 6.64. The van der Waals surface area contributed by atoms with E-state index in [1.54, 1.807) is 17.0 Å². The summed E-state index contributed by atoms with van der Waals surface area (Å²) in [5.41, 5.74) is 0.630. The van der Waals surface area contributed by atoms with E-state index in [4.69, 9.17) is 0 Å². The van der Waals surface area contributed by atoms with E-state index in [-0.39, 0.29) is 11.6 Å². The van der Waals surface area contributed by atoms with E-state index in [1.165, 1.54) is 44.5 Å². The molecule has 0 amide bonds. The number of ketones is 1. The number of carbonyl (C=O) groups is 1. The molecule has 0 radical (unpaired) electrons. The minimum atomic E-state index is -0.288. The third-order valence-corrected chi connectivity index (χ3v) is 3.66. The van der Waals surface area contributed by atoms with Crippen molar-refractivity contribution >= 4 is 5.78 Å². The third kappa shape index (κ3) is 3.91. The van der Waals surface area contributed by atoms with E-state index < -0.39 is 0 Å². The number of benzene rings is 1. The molecule has 1 heterocycles. The first-order valence-corrected chi connectivity index (χ1v) is 6.88. The Morgan fingerprint density at radius 1 is 1.11 bits per heavy atom. The third-order valence-electron chi connectivity index (χ3n) is 3.66. The SMILES string of the molecule is O=C(CCC[NH+]1CCCCC1)c1ccc(F)cc1. The van der Waals surface area contributed by atoms with Gasteiger partial charge in [-0.15, -0.1) is 0 Å². The van der Waals surface area contributed by atoms with Crippen LogP contribution in [0.4, 0.5) is 4.39 Å². The van der Waals surface area contributed by atoms with Crippen molar-refractivity contribution in [3.63, 3.8) is 0 Å². The standard InChI is InChI=1S/C15H20FNO/c16-14-8-6-13(7-9-14)15(18)5-4-12-17-10-2-1-3-11-17/h6-9H,1-5,10-12H2/p+1. The molecule has 1 aromatic rings. The van der Waals surface area contributed by atoms with Crippen LogP contribution >= 0.6 is 0 Å². The lowest BCUT2D eigenvalue weighted by Gasteiger charge is -2.23. The highest BCUT2D eigenvalue weighted by Crippen LogP contribution is 2.06. The summed E-state index contributed by atoms with van der Waals surface area (Å²) in [4.78, 5) is 13.5. The number of rotatable bonds is 5. The lowest BCUT2D eigenvalue weighted by atomic mass is 10.1. The zero-order valence-electron chi connectivity index (χ0n) is 10.8. The number of nitrogens with one attached hydrogen (secondary N) is 1. The van der Waals surface area contributed by atoms with Crippen molar-refractivity contribution in [3.8, 4) is 0 Å². The van der Waals surface area contributed by atoms with E-state index in [0.29, 0.717) is 12.0 Å². The lowest BCUT2D eigenvalue weighted by Crippen LogP contribution is -3.12. The molecular formula is C15H21FNO+. The van der Waals surface area contributed by atoms with Gasteiger partial charge in [-0.3, -0.25) is 4.79 Å². The second-order valence-corrected chi connectivity index (χ2v) is 5.09. The summed E-state index contributed by atoms with van der Waals surface area (Å²) < 4.78 is 12.7. The first-order valence-electron chi connectivity index (χ1n) is 6.88. The Morgan fingerprint density at radius 2 is 1.78 bits per heavy atom. The lowest BCUT2D eigenvalue weighted by molar-refractivity contribution is -0.905. The second-order valence-electron chi connectivity index (χ2n) is 5.09. The summed E-state index contributed by atoms with van der Waals surface area (Å²) in [7, 11) is 0. The number of piperidine rings is 1. The van der Waals surface area contributed by atoms with Crippen LogP contribution in [0.25, 0.3) is 0 Å². The number of carbonyl (C=O) groups excluding carboxylic acids is 1. The molecule has 0 aromatic heterocycles. The molecule has 0 spiro atoms. The summed E-state index contributed by atoms with van der Waals surface area (Å²) in [6, 6.07) is 5.85. The molecule has 2 nitrogen and oxygen atoms in total. The predicted molar refractivity (Wildman–Crippen MR) is 69.4 cm³/mol. The van der Waals surface area contributed by atoms with Gasteiger partial charge in [0.25, 0.3) is 0 Å². The summed E-state index contributed by atoms with van der Waals surface area (Å²) in [5.74, 6) is -0.157. The highest BCUT2D eigenvalue weighted by atomic mass is 19.1. The van der Waals surface area contributed by atoms with Crippen LogP contribution in [-0.2, 0) is 0 Å². The molecule has 0 saturated carbocycles. The highest BCUT2D eigenvalue weighted by molar-refractivity contribution is 5.95. The maximum absolute atomic E-state index is 12.7. The molecule has 3 heteroatoms. The largest absolute Gasteiger partial charge is 0.335 e. The number of hydrogen-bond donors (Lipinski definition) is 1. The van der Waals surface area contributed by atoms with Gasteiger partial charge in [0.1, 0.15) is 5.82 Å². The molecule has 1 aliphatic rings. The molecule has 1 saturated heterocycles. The van der Waals surface area contributed by atoms with Crippen LogP contribution < -0.4 is 4.90 Å². The average molecular weight is 250 g/mol. The fourth-order valence-electron chi connectivity index (χ4n) is 2.58. The Labute approximate surface area is 108 Å². The molecule has 1 aliphatic heterocycles. The topological polar surface area (TPSA) is 21.5 Å². The Morgan fingerprint density at radius 3 is 2.44 bits per heavy atom. The first-order chi connectivity index (χ1) is 8.75. The molecular weight excluding hydrogens is 229 g/mol. The molecule has 0 unspecified atom stereocenters. The molecule has 0 aliphatic carbocycles. The fourth-order valence-corrected chi connectivity index (χ4v) is 2.58. The summed E-state index contributed by atoms with van der Waals surface area (Å²) in [5, 5.41) is 0. The number of halogens is 1. The monoisotopic (exact) mass is 250 g/mol. The van der Waals surface area contributed by atoms with Crippen LogP contribution in [0.3, 0.4) is 0 Å². The Bertz CT molecular complexity index is 382. The number of Topliss-reactive ketones (excluding diaryl/α,β-unsaturated/α-hetero) is 1. The first kappa shape index (κ1) is 13.2. The highest BCUT2D eigenvalue weighted by Gasteiger charge is 2.14. The molecule has 1 fully saturated rings. The zero-order chi connectivity index (χ0) is 12.8. The Balaban J connectivity index is 1.72. The zero-order valence-corrected chi connectivity index (χ0v) is 10.8. The summed E-state index contributed by atoms with van der Waals surface area (Å²) in [6.45, 7) is 3.60. The maximum atomic E-state index is 12.7. The van der Waals surface area contributed by atoms with Gasteiger partial charge in [-0.25, -0.2) is 4.39 Å². The quantitative estimate of drug-likeness (QED) is 0.791. The molecule has 1 N–H and O–H groups in total. The van der Waals surface area contributed by atoms with Crippen LogP contribution in [0.15, 0.2) is 24.3 Å². The van der Waals surface area contributed by atoms with Crippen LogP contribution in [0.1, 0.15) is 42.5 Å². The van der Waals surface area contributed by atoms with Crippen LogP contribution in [0.2, 0.25) is 0 Å². The van der Waals surface area contributed by atoms with Gasteiger partial charge in [-0.05, 0) is 43.5 Å². The van der Waals surface area contributed by atoms with Gasteiger partial charge in [0, 0.05) is 18.4 Å². The minimum absolute atomic E-state index is 0.131. The van der Waals surface area contributed by atoms with Crippen LogP contribution in [0.5, 0.6) is 0 Å². The molecule has 0 atom stereocenters. The van der Waals surface area contributed by atoms with Crippen LogP contribution in [-0.4, -0.2) is 25.4 Å². The van der Waals surface area contributed by atoms with Crippen molar-refractivity contribution in [2.24, 2.45) is 0 Å². The Kier molecular flexibility index (Phi) is 4.88. The van der Waals surface area contributed by atoms with Gasteiger partial charge in [-0.2, -0.15) is 0 Å². The molecule has 2 rings (SSSR count). The van der Waals surface area contributed by atoms with E-state index in [2.05, 4.69) is 0 Å². The van der Waals surface area contributed by atoms with E-state index in [0.717, 1.165) is 13.0 Å². The van der Waals surface area contributed by atoms with Gasteiger partial charge >= 0.3 is 0 Å². The van der Waals surface area contributed by atoms with Gasteiger partial charge in [-0.1, -0.05) is 0 Å².